The number of hydrogen-bond acceptors (Lipinski definition) is 4. The van der Waals surface area contributed by atoms with Crippen molar-refractivity contribution in [3.63, 3.8) is 0 Å². The van der Waals surface area contributed by atoms with E-state index >= 15 is 0 Å². The molecule has 1 N–H and O–H groups in total. The van der Waals surface area contributed by atoms with Crippen molar-refractivity contribution in [2.24, 2.45) is 0 Å². The van der Waals surface area contributed by atoms with Crippen molar-refractivity contribution in [3.8, 4) is 0 Å². The van der Waals surface area contributed by atoms with Gasteiger partial charge in [0.15, 0.2) is 0 Å². The molecule has 0 spiro atoms. The van der Waals surface area contributed by atoms with Crippen LogP contribution < -0.4 is 5.32 Å². The molecule has 0 amide bonds. The summed E-state index contributed by atoms with van der Waals surface area (Å²) in [7, 11) is 1.76. The van der Waals surface area contributed by atoms with Crippen LogP contribution in [0.25, 0.3) is 0 Å². The minimum Gasteiger partial charge on any atom is -0.385 e. The maximum Gasteiger partial charge on any atom is 0.203 e. The number of nitrogens with zero attached hydrogens (tertiary/aromatic N) is 3. The standard InChI is InChI=1S/C15H26N4O/c1-12-11-19(8-4-10-20-2)15(16-12)17-13-6-9-18-7-3-5-14(13)18/h11,13-14H,3-10H2,1-2H3,(H,16,17). The first-order valence-electron chi connectivity index (χ1n) is 7.81. The quantitative estimate of drug-likeness (QED) is 0.807. The van der Waals surface area contributed by atoms with E-state index in [1.165, 1.54) is 32.4 Å². The fourth-order valence-electron chi connectivity index (χ4n) is 3.63. The third kappa shape index (κ3) is 2.83. The number of rotatable bonds is 6. The molecule has 5 heteroatoms. The van der Waals surface area contributed by atoms with Gasteiger partial charge in [-0.05, 0) is 39.2 Å². The predicted molar refractivity (Wildman–Crippen MR) is 80.1 cm³/mol. The number of anilines is 1. The highest BCUT2D eigenvalue weighted by Gasteiger charge is 2.37. The van der Waals surface area contributed by atoms with Gasteiger partial charge in [-0.3, -0.25) is 4.90 Å². The number of methoxy groups -OCH3 is 1. The Morgan fingerprint density at radius 2 is 2.30 bits per heavy atom. The van der Waals surface area contributed by atoms with Gasteiger partial charge >= 0.3 is 0 Å². The topological polar surface area (TPSA) is 42.3 Å². The lowest BCUT2D eigenvalue weighted by Gasteiger charge is -2.22. The van der Waals surface area contributed by atoms with Crippen molar-refractivity contribution >= 4 is 5.95 Å². The normalized spacial score (nSPS) is 26.1. The lowest BCUT2D eigenvalue weighted by Crippen LogP contribution is -2.34. The minimum atomic E-state index is 0.570. The molecule has 2 aliphatic rings. The van der Waals surface area contributed by atoms with E-state index in [4.69, 9.17) is 4.74 Å². The second-order valence-electron chi connectivity index (χ2n) is 6.03. The zero-order chi connectivity index (χ0) is 13.9. The van der Waals surface area contributed by atoms with Gasteiger partial charge in [0.25, 0.3) is 0 Å². The van der Waals surface area contributed by atoms with Gasteiger partial charge in [-0.2, -0.15) is 0 Å². The third-order valence-electron chi connectivity index (χ3n) is 4.56. The van der Waals surface area contributed by atoms with Gasteiger partial charge in [0.1, 0.15) is 0 Å². The van der Waals surface area contributed by atoms with Crippen LogP contribution in [0.5, 0.6) is 0 Å². The van der Waals surface area contributed by atoms with E-state index in [0.29, 0.717) is 6.04 Å². The fourth-order valence-corrected chi connectivity index (χ4v) is 3.63. The molecule has 20 heavy (non-hydrogen) atoms. The molecule has 3 rings (SSSR count). The van der Waals surface area contributed by atoms with Crippen molar-refractivity contribution in [2.45, 2.75) is 51.2 Å². The molecule has 0 radical (unpaired) electrons. The Kier molecular flexibility index (Phi) is 4.27. The number of hydrogen-bond donors (Lipinski definition) is 1. The Balaban J connectivity index is 1.64. The molecule has 2 fully saturated rings. The van der Waals surface area contributed by atoms with Crippen LogP contribution >= 0.6 is 0 Å². The summed E-state index contributed by atoms with van der Waals surface area (Å²) in [5, 5.41) is 3.70. The average Bonchev–Trinajstić information content (AvgIpc) is 3.09. The summed E-state index contributed by atoms with van der Waals surface area (Å²) in [6.45, 7) is 6.36. The number of aromatic nitrogens is 2. The van der Waals surface area contributed by atoms with E-state index in [2.05, 4.69) is 32.9 Å². The summed E-state index contributed by atoms with van der Waals surface area (Å²) in [5.74, 6) is 1.04. The van der Waals surface area contributed by atoms with E-state index in [9.17, 15) is 0 Å². The van der Waals surface area contributed by atoms with E-state index in [1.807, 2.05) is 0 Å². The summed E-state index contributed by atoms with van der Waals surface area (Å²) in [4.78, 5) is 7.29. The summed E-state index contributed by atoms with van der Waals surface area (Å²) in [6, 6.07) is 1.29. The molecule has 0 saturated carbocycles. The van der Waals surface area contributed by atoms with Crippen LogP contribution in [0.15, 0.2) is 6.20 Å². The molecule has 112 valence electrons. The Hall–Kier alpha value is -1.07. The van der Waals surface area contributed by atoms with E-state index in [1.54, 1.807) is 7.11 Å². The molecule has 2 aliphatic heterocycles. The largest absolute Gasteiger partial charge is 0.385 e. The highest BCUT2D eigenvalue weighted by Crippen LogP contribution is 2.30. The van der Waals surface area contributed by atoms with Crippen LogP contribution in [0.4, 0.5) is 5.95 Å². The van der Waals surface area contributed by atoms with Gasteiger partial charge in [0.05, 0.1) is 5.69 Å². The van der Waals surface area contributed by atoms with Gasteiger partial charge in [-0.25, -0.2) is 4.98 Å². The Morgan fingerprint density at radius 1 is 1.40 bits per heavy atom. The number of aryl methyl sites for hydroxylation is 2. The number of fused-ring (bicyclic) bond motifs is 1. The van der Waals surface area contributed by atoms with Crippen LogP contribution in [0.2, 0.25) is 0 Å². The third-order valence-corrected chi connectivity index (χ3v) is 4.56. The molecular weight excluding hydrogens is 252 g/mol. The van der Waals surface area contributed by atoms with Gasteiger partial charge in [-0.15, -0.1) is 0 Å². The van der Waals surface area contributed by atoms with Crippen molar-refractivity contribution in [3.05, 3.63) is 11.9 Å². The molecule has 1 aromatic heterocycles. The average molecular weight is 278 g/mol. The first-order chi connectivity index (χ1) is 9.78. The summed E-state index contributed by atoms with van der Waals surface area (Å²) >= 11 is 0. The summed E-state index contributed by atoms with van der Waals surface area (Å²) in [5.41, 5.74) is 1.09. The highest BCUT2D eigenvalue weighted by atomic mass is 16.5. The molecule has 0 aliphatic carbocycles. The molecule has 2 saturated heterocycles. The van der Waals surface area contributed by atoms with Crippen LogP contribution in [-0.4, -0.2) is 53.3 Å². The summed E-state index contributed by atoms with van der Waals surface area (Å²) in [6.07, 6.45) is 7.10. The zero-order valence-corrected chi connectivity index (χ0v) is 12.6. The van der Waals surface area contributed by atoms with Gasteiger partial charge < -0.3 is 14.6 Å². The van der Waals surface area contributed by atoms with Crippen molar-refractivity contribution < 1.29 is 4.74 Å². The van der Waals surface area contributed by atoms with Crippen LogP contribution in [0, 0.1) is 6.92 Å². The lowest BCUT2D eigenvalue weighted by atomic mass is 10.1. The number of nitrogens with one attached hydrogen (secondary N) is 1. The smallest absolute Gasteiger partial charge is 0.203 e. The zero-order valence-electron chi connectivity index (χ0n) is 12.6. The van der Waals surface area contributed by atoms with Crippen molar-refractivity contribution in [1.82, 2.24) is 14.5 Å². The second kappa shape index (κ2) is 6.14. The molecular formula is C15H26N4O. The molecule has 0 aromatic carbocycles. The van der Waals surface area contributed by atoms with E-state index < -0.39 is 0 Å². The van der Waals surface area contributed by atoms with Crippen LogP contribution in [0.3, 0.4) is 0 Å². The number of ether oxygens (including phenoxy) is 1. The number of imidazole rings is 1. The van der Waals surface area contributed by atoms with Crippen molar-refractivity contribution in [1.29, 1.82) is 0 Å². The van der Waals surface area contributed by atoms with Gasteiger partial charge in [-0.1, -0.05) is 0 Å². The Bertz CT molecular complexity index is 445. The monoisotopic (exact) mass is 278 g/mol. The van der Waals surface area contributed by atoms with Crippen LogP contribution in [-0.2, 0) is 11.3 Å². The van der Waals surface area contributed by atoms with Gasteiger partial charge in [0, 0.05) is 45.1 Å². The first kappa shape index (κ1) is 13.9. The molecule has 1 aromatic rings. The molecule has 0 bridgehead atoms. The lowest BCUT2D eigenvalue weighted by molar-refractivity contribution is 0.190. The fraction of sp³-hybridized carbons (Fsp3) is 0.800. The van der Waals surface area contributed by atoms with Gasteiger partial charge in [0.2, 0.25) is 5.95 Å². The predicted octanol–water partition coefficient (Wildman–Crippen LogP) is 1.88. The molecule has 3 heterocycles. The maximum atomic E-state index is 5.14. The molecule has 5 nitrogen and oxygen atoms in total. The van der Waals surface area contributed by atoms with E-state index in [-0.39, 0.29) is 0 Å². The van der Waals surface area contributed by atoms with Crippen molar-refractivity contribution in [2.75, 3.05) is 32.1 Å². The first-order valence-corrected chi connectivity index (χ1v) is 7.81. The Labute approximate surface area is 121 Å². The summed E-state index contributed by atoms with van der Waals surface area (Å²) < 4.78 is 7.38. The Morgan fingerprint density at radius 3 is 3.15 bits per heavy atom. The highest BCUT2D eigenvalue weighted by molar-refractivity contribution is 5.32. The van der Waals surface area contributed by atoms with E-state index in [0.717, 1.165) is 37.3 Å². The van der Waals surface area contributed by atoms with Crippen LogP contribution in [0.1, 0.15) is 31.4 Å². The molecule has 2 unspecified atom stereocenters. The SMILES string of the molecule is COCCCn1cc(C)nc1NC1CCN2CCCC12. The minimum absolute atomic E-state index is 0.570. The maximum absolute atomic E-state index is 5.14. The molecule has 2 atom stereocenters. The second-order valence-corrected chi connectivity index (χ2v) is 6.03.